The second-order valence-electron chi connectivity index (χ2n) is 4.06. The summed E-state index contributed by atoms with van der Waals surface area (Å²) in [6.45, 7) is 2.81. The molecule has 0 radical (unpaired) electrons. The number of benzene rings is 1. The van der Waals surface area contributed by atoms with Crippen molar-refractivity contribution in [2.24, 2.45) is 5.73 Å². The first kappa shape index (κ1) is 15.9. The van der Waals surface area contributed by atoms with Crippen molar-refractivity contribution < 1.29 is 4.79 Å². The molecule has 0 aliphatic heterocycles. The maximum atomic E-state index is 11.8. The highest BCUT2D eigenvalue weighted by molar-refractivity contribution is 5.85. The van der Waals surface area contributed by atoms with Crippen LogP contribution in [0.2, 0.25) is 0 Å². The average molecular weight is 257 g/mol. The fraction of sp³-hybridized carbons (Fsp3) is 0.462. The van der Waals surface area contributed by atoms with Gasteiger partial charge in [0.1, 0.15) is 0 Å². The molecule has 0 heterocycles. The summed E-state index contributed by atoms with van der Waals surface area (Å²) in [5, 5.41) is 0. The van der Waals surface area contributed by atoms with Gasteiger partial charge in [-0.25, -0.2) is 0 Å². The topological polar surface area (TPSA) is 46.3 Å². The van der Waals surface area contributed by atoms with Crippen LogP contribution in [0.1, 0.15) is 18.9 Å². The van der Waals surface area contributed by atoms with Gasteiger partial charge >= 0.3 is 0 Å². The highest BCUT2D eigenvalue weighted by atomic mass is 35.5. The molecule has 1 rings (SSSR count). The number of likely N-dealkylation sites (N-methyl/N-ethyl adjacent to an activating group) is 1. The molecule has 0 fully saturated rings. The SMILES string of the molecule is CCCN(C)C(=O)C(N)Cc1ccccc1.Cl. The zero-order chi connectivity index (χ0) is 12.0. The first-order valence-corrected chi connectivity index (χ1v) is 5.69. The van der Waals surface area contributed by atoms with Crippen LogP contribution in [0.5, 0.6) is 0 Å². The van der Waals surface area contributed by atoms with Crippen molar-refractivity contribution in [1.82, 2.24) is 4.90 Å². The Morgan fingerprint density at radius 2 is 1.94 bits per heavy atom. The fourth-order valence-electron chi connectivity index (χ4n) is 1.68. The molecule has 2 N–H and O–H groups in total. The van der Waals surface area contributed by atoms with E-state index in [-0.39, 0.29) is 18.3 Å². The summed E-state index contributed by atoms with van der Waals surface area (Å²) in [6.07, 6.45) is 1.56. The lowest BCUT2D eigenvalue weighted by Gasteiger charge is -2.20. The maximum absolute atomic E-state index is 11.8. The molecule has 4 heteroatoms. The van der Waals surface area contributed by atoms with E-state index < -0.39 is 6.04 Å². The van der Waals surface area contributed by atoms with Crippen molar-refractivity contribution in [3.63, 3.8) is 0 Å². The molecule has 1 aromatic rings. The Bertz CT molecular complexity index is 329. The number of nitrogens with two attached hydrogens (primary N) is 1. The van der Waals surface area contributed by atoms with Gasteiger partial charge in [-0.2, -0.15) is 0 Å². The second kappa shape index (κ2) is 8.09. The number of halogens is 1. The van der Waals surface area contributed by atoms with E-state index in [1.807, 2.05) is 37.3 Å². The molecule has 0 aliphatic rings. The van der Waals surface area contributed by atoms with Gasteiger partial charge in [-0.15, -0.1) is 12.4 Å². The van der Waals surface area contributed by atoms with Crippen LogP contribution in [0.3, 0.4) is 0 Å². The normalized spacial score (nSPS) is 11.5. The third-order valence-corrected chi connectivity index (χ3v) is 2.55. The minimum absolute atomic E-state index is 0. The monoisotopic (exact) mass is 256 g/mol. The van der Waals surface area contributed by atoms with Crippen molar-refractivity contribution in [1.29, 1.82) is 0 Å². The van der Waals surface area contributed by atoms with Crippen molar-refractivity contribution in [2.75, 3.05) is 13.6 Å². The summed E-state index contributed by atoms with van der Waals surface area (Å²) in [7, 11) is 1.80. The molecule has 0 saturated carbocycles. The lowest BCUT2D eigenvalue weighted by atomic mass is 10.1. The third kappa shape index (κ3) is 5.20. The van der Waals surface area contributed by atoms with E-state index in [2.05, 4.69) is 0 Å². The molecule has 1 atom stereocenters. The largest absolute Gasteiger partial charge is 0.344 e. The molecule has 0 bridgehead atoms. The van der Waals surface area contributed by atoms with Crippen molar-refractivity contribution in [2.45, 2.75) is 25.8 Å². The highest BCUT2D eigenvalue weighted by Crippen LogP contribution is 2.03. The van der Waals surface area contributed by atoms with Crippen molar-refractivity contribution in [3.8, 4) is 0 Å². The summed E-state index contributed by atoms with van der Waals surface area (Å²) < 4.78 is 0. The first-order chi connectivity index (χ1) is 7.65. The molecule has 0 aromatic heterocycles. The molecule has 0 spiro atoms. The number of carbonyl (C=O) groups is 1. The molecule has 0 aliphatic carbocycles. The Hall–Kier alpha value is -1.06. The number of hydrogen-bond donors (Lipinski definition) is 1. The van der Waals surface area contributed by atoms with E-state index in [4.69, 9.17) is 5.73 Å². The van der Waals surface area contributed by atoms with Crippen molar-refractivity contribution in [3.05, 3.63) is 35.9 Å². The van der Waals surface area contributed by atoms with Gasteiger partial charge in [-0.05, 0) is 18.4 Å². The standard InChI is InChI=1S/C13H20N2O.ClH/c1-3-9-15(2)13(16)12(14)10-11-7-5-4-6-8-11;/h4-8,12H,3,9-10,14H2,1-2H3;1H. The Labute approximate surface area is 109 Å². The molecule has 1 unspecified atom stereocenters. The van der Waals surface area contributed by atoms with Gasteiger partial charge in [0.05, 0.1) is 6.04 Å². The van der Waals surface area contributed by atoms with Crippen LogP contribution in [0.4, 0.5) is 0 Å². The highest BCUT2D eigenvalue weighted by Gasteiger charge is 2.17. The van der Waals surface area contributed by atoms with Gasteiger partial charge in [0.25, 0.3) is 0 Å². The molecule has 1 aromatic carbocycles. The number of carbonyl (C=O) groups excluding carboxylic acids is 1. The number of amides is 1. The lowest BCUT2D eigenvalue weighted by molar-refractivity contribution is -0.131. The van der Waals surface area contributed by atoms with Crippen LogP contribution in [-0.4, -0.2) is 30.4 Å². The van der Waals surface area contributed by atoms with E-state index >= 15 is 0 Å². The molecule has 0 saturated heterocycles. The summed E-state index contributed by atoms with van der Waals surface area (Å²) in [5.74, 6) is 0.0192. The van der Waals surface area contributed by atoms with Gasteiger partial charge in [-0.3, -0.25) is 4.79 Å². The van der Waals surface area contributed by atoms with E-state index in [0.29, 0.717) is 6.42 Å². The summed E-state index contributed by atoms with van der Waals surface area (Å²) in [4.78, 5) is 13.5. The van der Waals surface area contributed by atoms with Crippen LogP contribution >= 0.6 is 12.4 Å². The number of rotatable bonds is 5. The zero-order valence-electron chi connectivity index (χ0n) is 10.4. The predicted molar refractivity (Wildman–Crippen MR) is 73.3 cm³/mol. The minimum Gasteiger partial charge on any atom is -0.344 e. The first-order valence-electron chi connectivity index (χ1n) is 5.69. The quantitative estimate of drug-likeness (QED) is 0.874. The minimum atomic E-state index is -0.432. The summed E-state index contributed by atoms with van der Waals surface area (Å²) in [5.41, 5.74) is 6.99. The van der Waals surface area contributed by atoms with Crippen LogP contribution in [-0.2, 0) is 11.2 Å². The van der Waals surface area contributed by atoms with Gasteiger partial charge in [0.15, 0.2) is 0 Å². The Kier molecular flexibility index (Phi) is 7.59. The lowest BCUT2D eigenvalue weighted by Crippen LogP contribution is -2.43. The summed E-state index contributed by atoms with van der Waals surface area (Å²) >= 11 is 0. The van der Waals surface area contributed by atoms with E-state index in [0.717, 1.165) is 18.5 Å². The van der Waals surface area contributed by atoms with Gasteiger partial charge in [-0.1, -0.05) is 37.3 Å². The van der Waals surface area contributed by atoms with E-state index in [9.17, 15) is 4.79 Å². The zero-order valence-corrected chi connectivity index (χ0v) is 11.2. The third-order valence-electron chi connectivity index (χ3n) is 2.55. The number of nitrogens with zero attached hydrogens (tertiary/aromatic N) is 1. The Morgan fingerprint density at radius 3 is 2.47 bits per heavy atom. The van der Waals surface area contributed by atoms with E-state index in [1.165, 1.54) is 0 Å². The Balaban J connectivity index is 0.00000256. The van der Waals surface area contributed by atoms with Crippen LogP contribution < -0.4 is 5.73 Å². The molecule has 3 nitrogen and oxygen atoms in total. The van der Waals surface area contributed by atoms with Gasteiger partial charge in [0, 0.05) is 13.6 Å². The van der Waals surface area contributed by atoms with Gasteiger partial charge < -0.3 is 10.6 Å². The maximum Gasteiger partial charge on any atom is 0.239 e. The van der Waals surface area contributed by atoms with Crippen LogP contribution in [0.15, 0.2) is 30.3 Å². The van der Waals surface area contributed by atoms with Crippen LogP contribution in [0, 0.1) is 0 Å². The van der Waals surface area contributed by atoms with Crippen LogP contribution in [0.25, 0.3) is 0 Å². The molecule has 1 amide bonds. The van der Waals surface area contributed by atoms with Crippen molar-refractivity contribution >= 4 is 18.3 Å². The number of hydrogen-bond acceptors (Lipinski definition) is 2. The smallest absolute Gasteiger partial charge is 0.239 e. The predicted octanol–water partition coefficient (Wildman–Crippen LogP) is 1.85. The second-order valence-corrected chi connectivity index (χ2v) is 4.06. The molecular formula is C13H21ClN2O. The molecule has 96 valence electrons. The average Bonchev–Trinajstić information content (AvgIpc) is 2.29. The molecule has 17 heavy (non-hydrogen) atoms. The van der Waals surface area contributed by atoms with Gasteiger partial charge in [0.2, 0.25) is 5.91 Å². The summed E-state index contributed by atoms with van der Waals surface area (Å²) in [6, 6.07) is 9.43. The molecular weight excluding hydrogens is 236 g/mol. The fourth-order valence-corrected chi connectivity index (χ4v) is 1.68. The Morgan fingerprint density at radius 1 is 1.35 bits per heavy atom. The van der Waals surface area contributed by atoms with E-state index in [1.54, 1.807) is 11.9 Å².